The molecule has 0 amide bonds. The quantitative estimate of drug-likeness (QED) is 0.681. The smallest absolute Gasteiger partial charge is 0.0819 e. The van der Waals surface area contributed by atoms with E-state index in [-0.39, 0.29) is 11.2 Å². The van der Waals surface area contributed by atoms with Gasteiger partial charge in [0.05, 0.1) is 11.2 Å². The Bertz CT molecular complexity index is 530. The molecule has 1 aliphatic rings. The van der Waals surface area contributed by atoms with Crippen LogP contribution in [0.15, 0.2) is 28.7 Å². The zero-order chi connectivity index (χ0) is 15.0. The van der Waals surface area contributed by atoms with Crippen molar-refractivity contribution in [1.29, 1.82) is 0 Å². The van der Waals surface area contributed by atoms with Crippen LogP contribution in [0.5, 0.6) is 0 Å². The predicted octanol–water partition coefficient (Wildman–Crippen LogP) is 5.76. The molecule has 1 aliphatic heterocycles. The second-order valence-electron chi connectivity index (χ2n) is 6.51. The monoisotopic (exact) mass is 336 g/mol. The third kappa shape index (κ3) is 3.35. The molecule has 0 N–H and O–H groups in total. The van der Waals surface area contributed by atoms with Crippen LogP contribution in [-0.2, 0) is 11.2 Å². The van der Waals surface area contributed by atoms with E-state index in [1.165, 1.54) is 16.7 Å². The van der Waals surface area contributed by atoms with Gasteiger partial charge >= 0.3 is 0 Å². The van der Waals surface area contributed by atoms with Crippen LogP contribution in [0.2, 0.25) is 0 Å². The third-order valence-corrected chi connectivity index (χ3v) is 4.63. The minimum Gasteiger partial charge on any atom is -0.365 e. The first-order chi connectivity index (χ1) is 9.28. The first-order valence-electron chi connectivity index (χ1n) is 7.49. The van der Waals surface area contributed by atoms with Gasteiger partial charge in [-0.15, -0.1) is 0 Å². The van der Waals surface area contributed by atoms with Crippen molar-refractivity contribution in [2.24, 2.45) is 0 Å². The van der Waals surface area contributed by atoms with E-state index in [9.17, 15) is 0 Å². The average Bonchev–Trinajstić information content (AvgIpc) is 2.36. The van der Waals surface area contributed by atoms with Crippen LogP contribution in [0, 0.1) is 0 Å². The van der Waals surface area contributed by atoms with Crippen molar-refractivity contribution in [2.45, 2.75) is 65.1 Å². The minimum atomic E-state index is -0.198. The largest absolute Gasteiger partial charge is 0.365 e. The molecule has 0 saturated carbocycles. The number of hydrogen-bond donors (Lipinski definition) is 0. The molecule has 0 radical (unpaired) electrons. The van der Waals surface area contributed by atoms with Gasteiger partial charge in [0.25, 0.3) is 0 Å². The second kappa shape index (κ2) is 5.65. The zero-order valence-corrected chi connectivity index (χ0v) is 14.8. The van der Waals surface area contributed by atoms with Gasteiger partial charge in [-0.05, 0) is 68.5 Å². The highest BCUT2D eigenvalue weighted by Gasteiger charge is 2.36. The van der Waals surface area contributed by atoms with Gasteiger partial charge in [0.2, 0.25) is 0 Å². The Balaban J connectivity index is 2.48. The fraction of sp³-hybridized carbons (Fsp3) is 0.556. The molecule has 110 valence electrons. The molecule has 1 heterocycles. The molecule has 1 aromatic carbocycles. The molecular formula is C18H25BrO. The predicted molar refractivity (Wildman–Crippen MR) is 90.0 cm³/mol. The number of benzene rings is 1. The molecule has 2 heteroatoms. The van der Waals surface area contributed by atoms with Crippen LogP contribution in [0.25, 0.3) is 5.57 Å². The lowest BCUT2D eigenvalue weighted by Gasteiger charge is -2.42. The molecule has 0 aliphatic carbocycles. The number of aryl methyl sites for hydroxylation is 1. The molecule has 0 aromatic heterocycles. The summed E-state index contributed by atoms with van der Waals surface area (Å²) in [5, 5.41) is 0. The maximum Gasteiger partial charge on any atom is 0.0819 e. The van der Waals surface area contributed by atoms with Crippen molar-refractivity contribution in [2.75, 3.05) is 0 Å². The van der Waals surface area contributed by atoms with Crippen molar-refractivity contribution in [3.8, 4) is 0 Å². The Kier molecular flexibility index (Phi) is 4.46. The van der Waals surface area contributed by atoms with Crippen molar-refractivity contribution in [1.82, 2.24) is 0 Å². The summed E-state index contributed by atoms with van der Waals surface area (Å²) in [5.41, 5.74) is 3.95. The van der Waals surface area contributed by atoms with Crippen LogP contribution in [0.3, 0.4) is 0 Å². The molecule has 0 spiro atoms. The third-order valence-electron chi connectivity index (χ3n) is 4.14. The van der Waals surface area contributed by atoms with Gasteiger partial charge in [-0.25, -0.2) is 0 Å². The molecule has 1 atom stereocenters. The lowest BCUT2D eigenvalue weighted by Crippen LogP contribution is -2.41. The maximum atomic E-state index is 6.27. The summed E-state index contributed by atoms with van der Waals surface area (Å²) in [4.78, 5) is 0. The summed E-state index contributed by atoms with van der Waals surface area (Å²) in [7, 11) is 0. The summed E-state index contributed by atoms with van der Waals surface area (Å²) in [5.74, 6) is 0. The van der Waals surface area contributed by atoms with E-state index in [1.807, 2.05) is 0 Å². The molecular weight excluding hydrogens is 312 g/mol. The standard InChI is InChI=1S/C18H25BrO/c1-6-13-10-15(19)8-9-16(13)14-11-17(3,4)20-18(5,7-2)12-14/h8-11H,6-7,12H2,1-5H3. The number of ether oxygens (including phenoxy) is 1. The van der Waals surface area contributed by atoms with Crippen LogP contribution in [0.1, 0.15) is 58.6 Å². The van der Waals surface area contributed by atoms with Gasteiger partial charge in [-0.3, -0.25) is 0 Å². The summed E-state index contributed by atoms with van der Waals surface area (Å²) in [6.07, 6.45) is 5.37. The topological polar surface area (TPSA) is 9.23 Å². The van der Waals surface area contributed by atoms with E-state index >= 15 is 0 Å². The van der Waals surface area contributed by atoms with Gasteiger partial charge in [0.15, 0.2) is 0 Å². The lowest BCUT2D eigenvalue weighted by atomic mass is 9.82. The summed E-state index contributed by atoms with van der Waals surface area (Å²) in [6.45, 7) is 11.0. The molecule has 1 nitrogen and oxygen atoms in total. The first kappa shape index (κ1) is 15.8. The van der Waals surface area contributed by atoms with Crippen molar-refractivity contribution in [3.63, 3.8) is 0 Å². The average molecular weight is 337 g/mol. The van der Waals surface area contributed by atoms with Gasteiger partial charge < -0.3 is 4.74 Å². The molecule has 0 saturated heterocycles. The Morgan fingerprint density at radius 2 is 1.90 bits per heavy atom. The number of hydrogen-bond acceptors (Lipinski definition) is 1. The van der Waals surface area contributed by atoms with Gasteiger partial charge in [0.1, 0.15) is 0 Å². The summed E-state index contributed by atoms with van der Waals surface area (Å²) < 4.78 is 7.43. The SMILES string of the molecule is CCc1cc(Br)ccc1C1=CC(C)(C)OC(C)(CC)C1. The van der Waals surface area contributed by atoms with E-state index in [0.29, 0.717) is 0 Å². The van der Waals surface area contributed by atoms with Crippen molar-refractivity contribution < 1.29 is 4.74 Å². The molecule has 0 fully saturated rings. The van der Waals surface area contributed by atoms with E-state index in [4.69, 9.17) is 4.74 Å². The maximum absolute atomic E-state index is 6.27. The minimum absolute atomic E-state index is 0.0638. The van der Waals surface area contributed by atoms with Crippen LogP contribution < -0.4 is 0 Å². The lowest BCUT2D eigenvalue weighted by molar-refractivity contribution is -0.113. The molecule has 0 bridgehead atoms. The normalized spacial score (nSPS) is 25.4. The van der Waals surface area contributed by atoms with E-state index in [1.54, 1.807) is 0 Å². The highest BCUT2D eigenvalue weighted by atomic mass is 79.9. The highest BCUT2D eigenvalue weighted by molar-refractivity contribution is 9.10. The fourth-order valence-corrected chi connectivity index (χ4v) is 3.52. The second-order valence-corrected chi connectivity index (χ2v) is 7.43. The van der Waals surface area contributed by atoms with Crippen LogP contribution in [0.4, 0.5) is 0 Å². The van der Waals surface area contributed by atoms with Gasteiger partial charge in [0, 0.05) is 10.9 Å². The van der Waals surface area contributed by atoms with Crippen molar-refractivity contribution in [3.05, 3.63) is 39.9 Å². The summed E-state index contributed by atoms with van der Waals surface area (Å²) >= 11 is 3.58. The first-order valence-corrected chi connectivity index (χ1v) is 8.28. The van der Waals surface area contributed by atoms with Crippen LogP contribution >= 0.6 is 15.9 Å². The van der Waals surface area contributed by atoms with Crippen LogP contribution in [-0.4, -0.2) is 11.2 Å². The Morgan fingerprint density at radius 3 is 2.50 bits per heavy atom. The van der Waals surface area contributed by atoms with Crippen molar-refractivity contribution >= 4 is 21.5 Å². The van der Waals surface area contributed by atoms with E-state index in [2.05, 4.69) is 74.8 Å². The molecule has 20 heavy (non-hydrogen) atoms. The molecule has 1 unspecified atom stereocenters. The highest BCUT2D eigenvalue weighted by Crippen LogP contribution is 2.41. The summed E-state index contributed by atoms with van der Waals surface area (Å²) in [6, 6.07) is 6.62. The Hall–Kier alpha value is -0.600. The zero-order valence-electron chi connectivity index (χ0n) is 13.2. The van der Waals surface area contributed by atoms with Gasteiger partial charge in [-0.2, -0.15) is 0 Å². The Morgan fingerprint density at radius 1 is 1.20 bits per heavy atom. The van der Waals surface area contributed by atoms with Gasteiger partial charge in [-0.1, -0.05) is 35.8 Å². The number of halogens is 1. The van der Waals surface area contributed by atoms with E-state index in [0.717, 1.165) is 23.7 Å². The Labute approximate surface area is 131 Å². The number of rotatable bonds is 3. The molecule has 2 rings (SSSR count). The molecule has 1 aromatic rings. The fourth-order valence-electron chi connectivity index (χ4n) is 3.11. The van der Waals surface area contributed by atoms with E-state index < -0.39 is 0 Å².